The number of imidazole rings is 1. The minimum atomic E-state index is -2.80. The predicted molar refractivity (Wildman–Crippen MR) is 92.7 cm³/mol. The van der Waals surface area contributed by atoms with E-state index in [-0.39, 0.29) is 17.1 Å². The van der Waals surface area contributed by atoms with Crippen LogP contribution in [0.15, 0.2) is 48.5 Å². The Bertz CT molecular complexity index is 968. The number of ketones is 1. The van der Waals surface area contributed by atoms with Crippen molar-refractivity contribution in [3.05, 3.63) is 59.9 Å². The molecule has 0 spiro atoms. The van der Waals surface area contributed by atoms with Crippen molar-refractivity contribution in [2.24, 2.45) is 0 Å². The summed E-state index contributed by atoms with van der Waals surface area (Å²) in [6, 6.07) is 12.7. The first-order valence-corrected chi connectivity index (χ1v) is 8.09. The fourth-order valence-corrected chi connectivity index (χ4v) is 2.53. The van der Waals surface area contributed by atoms with Crippen LogP contribution >= 0.6 is 0 Å². The van der Waals surface area contributed by atoms with Crippen molar-refractivity contribution in [1.82, 2.24) is 9.55 Å². The number of nitrogens with zero attached hydrogens (tertiary/aromatic N) is 2. The molecule has 0 fully saturated rings. The Morgan fingerprint density at radius 2 is 1.81 bits per heavy atom. The second-order valence-corrected chi connectivity index (χ2v) is 5.69. The first kappa shape index (κ1) is 18.5. The molecular weight excluding hydrogens is 358 g/mol. The number of ether oxygens (including phenoxy) is 2. The molecule has 140 valence electrons. The first-order chi connectivity index (χ1) is 13.0. The topological polar surface area (TPSA) is 70.4 Å². The molecule has 0 saturated heterocycles. The third kappa shape index (κ3) is 4.28. The van der Waals surface area contributed by atoms with Gasteiger partial charge in [-0.1, -0.05) is 12.1 Å². The van der Waals surface area contributed by atoms with E-state index in [1.165, 1.54) is 13.0 Å². The van der Waals surface area contributed by atoms with Crippen molar-refractivity contribution in [2.45, 2.75) is 20.1 Å². The molecule has 8 heteroatoms. The molecule has 6 nitrogen and oxygen atoms in total. The Morgan fingerprint density at radius 3 is 2.48 bits per heavy atom. The van der Waals surface area contributed by atoms with Crippen LogP contribution in [0.1, 0.15) is 29.7 Å². The minimum Gasteiger partial charge on any atom is -0.482 e. The van der Waals surface area contributed by atoms with E-state index >= 15 is 0 Å². The van der Waals surface area contributed by atoms with Crippen LogP contribution in [-0.4, -0.2) is 27.9 Å². The maximum atomic E-state index is 13.3. The van der Waals surface area contributed by atoms with Crippen molar-refractivity contribution in [1.29, 1.82) is 0 Å². The lowest BCUT2D eigenvalue weighted by Crippen LogP contribution is -2.16. The molecule has 0 N–H and O–H groups in total. The number of aromatic nitrogens is 2. The standard InChI is InChI=1S/C19H16F2N2O4/c1-12(24)13-6-8-14(9-7-13)26-11-18(25)27-10-17-22-15-4-2-3-5-16(15)23(17)19(20)21/h2-9,19H,10-11H2,1H3. The van der Waals surface area contributed by atoms with Gasteiger partial charge in [-0.3, -0.25) is 9.36 Å². The van der Waals surface area contributed by atoms with Gasteiger partial charge in [0.2, 0.25) is 0 Å². The highest BCUT2D eigenvalue weighted by molar-refractivity contribution is 5.94. The maximum Gasteiger partial charge on any atom is 0.344 e. The minimum absolute atomic E-state index is 0.0506. The fraction of sp³-hybridized carbons (Fsp3) is 0.211. The number of Topliss-reactive ketones (excluding diaryl/α,β-unsaturated/α-hetero) is 1. The predicted octanol–water partition coefficient (Wildman–Crippen LogP) is 3.76. The first-order valence-electron chi connectivity index (χ1n) is 8.09. The summed E-state index contributed by atoms with van der Waals surface area (Å²) in [5.74, 6) is -0.469. The number of rotatable bonds is 7. The van der Waals surface area contributed by atoms with Crippen molar-refractivity contribution in [3.8, 4) is 5.75 Å². The molecule has 27 heavy (non-hydrogen) atoms. The van der Waals surface area contributed by atoms with Crippen molar-refractivity contribution < 1.29 is 27.8 Å². The van der Waals surface area contributed by atoms with Crippen LogP contribution in [0, 0.1) is 0 Å². The molecule has 0 radical (unpaired) electrons. The second kappa shape index (κ2) is 7.94. The van der Waals surface area contributed by atoms with E-state index in [0.29, 0.717) is 16.8 Å². The van der Waals surface area contributed by atoms with E-state index in [1.54, 1.807) is 42.5 Å². The smallest absolute Gasteiger partial charge is 0.344 e. The normalized spacial score (nSPS) is 11.0. The van der Waals surface area contributed by atoms with Gasteiger partial charge in [-0.15, -0.1) is 0 Å². The molecule has 0 aliphatic rings. The van der Waals surface area contributed by atoms with Crippen molar-refractivity contribution in [3.63, 3.8) is 0 Å². The van der Waals surface area contributed by atoms with Gasteiger partial charge in [0.15, 0.2) is 18.2 Å². The molecule has 2 aromatic carbocycles. The van der Waals surface area contributed by atoms with Gasteiger partial charge in [0.25, 0.3) is 0 Å². The molecule has 0 aliphatic heterocycles. The lowest BCUT2D eigenvalue weighted by molar-refractivity contribution is -0.147. The number of carbonyl (C=O) groups is 2. The van der Waals surface area contributed by atoms with Gasteiger partial charge in [0.05, 0.1) is 11.0 Å². The largest absolute Gasteiger partial charge is 0.482 e. The number of hydrogen-bond donors (Lipinski definition) is 0. The lowest BCUT2D eigenvalue weighted by atomic mass is 10.1. The molecule has 0 saturated carbocycles. The summed E-state index contributed by atoms with van der Waals surface area (Å²) in [6.45, 7) is -2.15. The summed E-state index contributed by atoms with van der Waals surface area (Å²) < 4.78 is 37.6. The average Bonchev–Trinajstić information content (AvgIpc) is 3.03. The quantitative estimate of drug-likeness (QED) is 0.465. The number of halogens is 2. The van der Waals surface area contributed by atoms with E-state index in [1.807, 2.05) is 0 Å². The summed E-state index contributed by atoms with van der Waals surface area (Å²) in [6.07, 6.45) is 0. The Balaban J connectivity index is 1.60. The van der Waals surface area contributed by atoms with Crippen molar-refractivity contribution >= 4 is 22.8 Å². The van der Waals surface area contributed by atoms with E-state index in [9.17, 15) is 18.4 Å². The zero-order chi connectivity index (χ0) is 19.4. The molecule has 0 aliphatic carbocycles. The summed E-state index contributed by atoms with van der Waals surface area (Å²) in [5, 5.41) is 0. The zero-order valence-electron chi connectivity index (χ0n) is 14.4. The number of alkyl halides is 2. The van der Waals surface area contributed by atoms with E-state index in [4.69, 9.17) is 9.47 Å². The zero-order valence-corrected chi connectivity index (χ0v) is 14.4. The number of hydrogen-bond acceptors (Lipinski definition) is 5. The molecule has 0 amide bonds. The van der Waals surface area contributed by atoms with Gasteiger partial charge in [-0.25, -0.2) is 9.78 Å². The Kier molecular flexibility index (Phi) is 5.44. The highest BCUT2D eigenvalue weighted by atomic mass is 19.3. The molecule has 0 atom stereocenters. The van der Waals surface area contributed by atoms with Crippen LogP contribution in [0.5, 0.6) is 5.75 Å². The molecule has 3 rings (SSSR count). The Labute approximate surface area is 153 Å². The van der Waals surface area contributed by atoms with Crippen LogP contribution in [0.4, 0.5) is 8.78 Å². The number of carbonyl (C=O) groups excluding carboxylic acids is 2. The van der Waals surface area contributed by atoms with Gasteiger partial charge in [0.1, 0.15) is 12.4 Å². The van der Waals surface area contributed by atoms with Crippen LogP contribution in [0.25, 0.3) is 11.0 Å². The third-order valence-corrected chi connectivity index (χ3v) is 3.84. The lowest BCUT2D eigenvalue weighted by Gasteiger charge is -2.09. The van der Waals surface area contributed by atoms with Crippen LogP contribution < -0.4 is 4.74 Å². The van der Waals surface area contributed by atoms with Gasteiger partial charge in [-0.2, -0.15) is 8.78 Å². The van der Waals surface area contributed by atoms with E-state index < -0.39 is 25.7 Å². The monoisotopic (exact) mass is 374 g/mol. The Hall–Kier alpha value is -3.29. The van der Waals surface area contributed by atoms with Gasteiger partial charge >= 0.3 is 12.5 Å². The summed E-state index contributed by atoms with van der Waals surface area (Å²) in [4.78, 5) is 27.1. The molecule has 0 unspecified atom stereocenters. The third-order valence-electron chi connectivity index (χ3n) is 3.84. The molecule has 3 aromatic rings. The highest BCUT2D eigenvalue weighted by Gasteiger charge is 2.18. The summed E-state index contributed by atoms with van der Waals surface area (Å²) in [5.41, 5.74) is 1.18. The fourth-order valence-electron chi connectivity index (χ4n) is 2.53. The molecule has 1 heterocycles. The molecular formula is C19H16F2N2O4. The maximum absolute atomic E-state index is 13.3. The molecule has 1 aromatic heterocycles. The van der Waals surface area contributed by atoms with Gasteiger partial charge in [0, 0.05) is 5.56 Å². The number of fused-ring (bicyclic) bond motifs is 1. The van der Waals surface area contributed by atoms with Gasteiger partial charge < -0.3 is 9.47 Å². The van der Waals surface area contributed by atoms with Crippen molar-refractivity contribution in [2.75, 3.05) is 6.61 Å². The number of benzene rings is 2. The van der Waals surface area contributed by atoms with Crippen LogP contribution in [-0.2, 0) is 16.1 Å². The molecule has 0 bridgehead atoms. The number of para-hydroxylation sites is 2. The van der Waals surface area contributed by atoms with E-state index in [0.717, 1.165) is 4.57 Å². The second-order valence-electron chi connectivity index (χ2n) is 5.69. The van der Waals surface area contributed by atoms with E-state index in [2.05, 4.69) is 4.98 Å². The SMILES string of the molecule is CC(=O)c1ccc(OCC(=O)OCc2nc3ccccc3n2C(F)F)cc1. The van der Waals surface area contributed by atoms with Gasteiger partial charge in [-0.05, 0) is 43.3 Å². The Morgan fingerprint density at radius 1 is 1.11 bits per heavy atom. The highest BCUT2D eigenvalue weighted by Crippen LogP contribution is 2.23. The number of esters is 1. The summed E-state index contributed by atoms with van der Waals surface area (Å²) in [7, 11) is 0. The van der Waals surface area contributed by atoms with Crippen LogP contribution in [0.2, 0.25) is 0 Å². The average molecular weight is 374 g/mol. The van der Waals surface area contributed by atoms with Crippen LogP contribution in [0.3, 0.4) is 0 Å². The summed E-state index contributed by atoms with van der Waals surface area (Å²) >= 11 is 0.